The number of nitrogens with zero attached hydrogens (tertiary/aromatic N) is 3. The third-order valence-electron chi connectivity index (χ3n) is 2.88. The first-order valence-electron chi connectivity index (χ1n) is 5.28. The van der Waals surface area contributed by atoms with Gasteiger partial charge in [0.15, 0.2) is 0 Å². The molecule has 0 radical (unpaired) electrons. The van der Waals surface area contributed by atoms with Gasteiger partial charge in [-0.1, -0.05) is 34.4 Å². The zero-order chi connectivity index (χ0) is 11.9. The maximum atomic E-state index is 6.13. The van der Waals surface area contributed by atoms with E-state index in [1.54, 1.807) is 18.2 Å². The van der Waals surface area contributed by atoms with Crippen molar-refractivity contribution >= 4 is 28.9 Å². The SMILES string of the molecule is Clc1cccc(Cl)c1C1=NO[C@]2(CCN=N2)C1. The molecule has 0 bridgehead atoms. The molecule has 0 fully saturated rings. The summed E-state index contributed by atoms with van der Waals surface area (Å²) in [5.74, 6) is 0. The van der Waals surface area contributed by atoms with Crippen molar-refractivity contribution < 1.29 is 4.84 Å². The number of hydrogen-bond donors (Lipinski definition) is 0. The molecule has 1 spiro atoms. The molecular weight excluding hydrogens is 261 g/mol. The fourth-order valence-electron chi connectivity index (χ4n) is 2.02. The first kappa shape index (κ1) is 11.0. The highest BCUT2D eigenvalue weighted by molar-refractivity contribution is 6.40. The van der Waals surface area contributed by atoms with Crippen molar-refractivity contribution in [3.05, 3.63) is 33.8 Å². The van der Waals surface area contributed by atoms with E-state index < -0.39 is 5.72 Å². The molecule has 17 heavy (non-hydrogen) atoms. The Morgan fingerprint density at radius 2 is 2.00 bits per heavy atom. The van der Waals surface area contributed by atoms with Crippen molar-refractivity contribution in [2.75, 3.05) is 6.54 Å². The van der Waals surface area contributed by atoms with Crippen LogP contribution >= 0.6 is 23.2 Å². The van der Waals surface area contributed by atoms with Gasteiger partial charge in [-0.15, -0.1) is 5.11 Å². The molecule has 3 rings (SSSR count). The highest BCUT2D eigenvalue weighted by Crippen LogP contribution is 2.37. The van der Waals surface area contributed by atoms with Crippen molar-refractivity contribution in [1.82, 2.24) is 0 Å². The Balaban J connectivity index is 1.94. The molecule has 0 aromatic heterocycles. The number of azo groups is 1. The topological polar surface area (TPSA) is 46.3 Å². The molecule has 2 heterocycles. The van der Waals surface area contributed by atoms with Crippen molar-refractivity contribution in [3.8, 4) is 0 Å². The molecule has 1 atom stereocenters. The van der Waals surface area contributed by atoms with E-state index in [0.717, 1.165) is 17.7 Å². The van der Waals surface area contributed by atoms with Crippen LogP contribution in [-0.2, 0) is 4.84 Å². The lowest BCUT2D eigenvalue weighted by atomic mass is 10.00. The third kappa shape index (κ3) is 1.81. The summed E-state index contributed by atoms with van der Waals surface area (Å²) in [7, 11) is 0. The van der Waals surface area contributed by atoms with E-state index in [1.807, 2.05) is 0 Å². The molecule has 2 aliphatic rings. The minimum atomic E-state index is -0.613. The first-order valence-corrected chi connectivity index (χ1v) is 6.04. The highest BCUT2D eigenvalue weighted by atomic mass is 35.5. The molecule has 1 aromatic carbocycles. The maximum Gasteiger partial charge on any atom is 0.252 e. The van der Waals surface area contributed by atoms with Gasteiger partial charge in [0.05, 0.1) is 28.7 Å². The largest absolute Gasteiger partial charge is 0.363 e. The van der Waals surface area contributed by atoms with Crippen molar-refractivity contribution in [3.63, 3.8) is 0 Å². The second-order valence-electron chi connectivity index (χ2n) is 4.06. The maximum absolute atomic E-state index is 6.13. The van der Waals surface area contributed by atoms with Crippen LogP contribution in [0.5, 0.6) is 0 Å². The lowest BCUT2D eigenvalue weighted by Crippen LogP contribution is -2.23. The second kappa shape index (κ2) is 3.96. The van der Waals surface area contributed by atoms with Crippen LogP contribution in [0.15, 0.2) is 33.6 Å². The molecule has 0 saturated carbocycles. The average molecular weight is 270 g/mol. The first-order chi connectivity index (χ1) is 8.20. The van der Waals surface area contributed by atoms with Crippen LogP contribution < -0.4 is 0 Å². The average Bonchev–Trinajstić information content (AvgIpc) is 2.90. The summed E-state index contributed by atoms with van der Waals surface area (Å²) in [6, 6.07) is 5.37. The van der Waals surface area contributed by atoms with E-state index in [0.29, 0.717) is 23.0 Å². The van der Waals surface area contributed by atoms with Crippen LogP contribution in [-0.4, -0.2) is 18.0 Å². The van der Waals surface area contributed by atoms with Crippen molar-refractivity contribution in [1.29, 1.82) is 0 Å². The van der Waals surface area contributed by atoms with Crippen LogP contribution in [0.1, 0.15) is 18.4 Å². The summed E-state index contributed by atoms with van der Waals surface area (Å²) in [5, 5.41) is 13.3. The van der Waals surface area contributed by atoms with E-state index in [9.17, 15) is 0 Å². The minimum absolute atomic E-state index is 0.569. The molecule has 0 aliphatic carbocycles. The molecule has 4 nitrogen and oxygen atoms in total. The van der Waals surface area contributed by atoms with Gasteiger partial charge >= 0.3 is 0 Å². The molecule has 0 amide bonds. The number of hydrogen-bond acceptors (Lipinski definition) is 4. The van der Waals surface area contributed by atoms with Gasteiger partial charge in [0.2, 0.25) is 0 Å². The summed E-state index contributed by atoms with van der Waals surface area (Å²) >= 11 is 12.3. The Hall–Kier alpha value is -1.13. The predicted octanol–water partition coefficient (Wildman–Crippen LogP) is 3.67. The summed E-state index contributed by atoms with van der Waals surface area (Å²) in [6.45, 7) is 0.680. The fraction of sp³-hybridized carbons (Fsp3) is 0.364. The zero-order valence-electron chi connectivity index (χ0n) is 8.86. The third-order valence-corrected chi connectivity index (χ3v) is 3.51. The van der Waals surface area contributed by atoms with Gasteiger partial charge < -0.3 is 4.84 Å². The summed E-state index contributed by atoms with van der Waals surface area (Å²) in [4.78, 5) is 5.39. The summed E-state index contributed by atoms with van der Waals surface area (Å²) in [5.41, 5.74) is 0.855. The van der Waals surface area contributed by atoms with Crippen molar-refractivity contribution in [2.24, 2.45) is 15.4 Å². The van der Waals surface area contributed by atoms with Crippen LogP contribution in [0.3, 0.4) is 0 Å². The summed E-state index contributed by atoms with van der Waals surface area (Å²) < 4.78 is 0. The van der Waals surface area contributed by atoms with Gasteiger partial charge in [0, 0.05) is 12.0 Å². The lowest BCUT2D eigenvalue weighted by Gasteiger charge is -2.14. The zero-order valence-corrected chi connectivity index (χ0v) is 10.4. The molecule has 0 unspecified atom stereocenters. The Morgan fingerprint density at radius 1 is 1.24 bits per heavy atom. The van der Waals surface area contributed by atoms with E-state index >= 15 is 0 Å². The number of halogens is 2. The Morgan fingerprint density at radius 3 is 2.65 bits per heavy atom. The van der Waals surface area contributed by atoms with E-state index in [-0.39, 0.29) is 0 Å². The minimum Gasteiger partial charge on any atom is -0.363 e. The molecule has 6 heteroatoms. The van der Waals surface area contributed by atoms with Crippen LogP contribution in [0, 0.1) is 0 Å². The van der Waals surface area contributed by atoms with E-state index in [4.69, 9.17) is 28.0 Å². The van der Waals surface area contributed by atoms with Crippen LogP contribution in [0.25, 0.3) is 0 Å². The quantitative estimate of drug-likeness (QED) is 0.767. The molecule has 1 aromatic rings. The fourth-order valence-corrected chi connectivity index (χ4v) is 2.63. The standard InChI is InChI=1S/C11H9Cl2N3O/c12-7-2-1-3-8(13)10(7)9-6-11(17-15-9)4-5-14-16-11/h1-3H,4-6H2/t11-/m1/s1. The number of rotatable bonds is 1. The van der Waals surface area contributed by atoms with Gasteiger partial charge in [-0.2, -0.15) is 5.11 Å². The highest BCUT2D eigenvalue weighted by Gasteiger charge is 2.42. The van der Waals surface area contributed by atoms with Gasteiger partial charge in [0.1, 0.15) is 0 Å². The molecule has 2 aliphatic heterocycles. The Bertz CT molecular complexity index is 509. The van der Waals surface area contributed by atoms with E-state index in [1.165, 1.54) is 0 Å². The number of benzene rings is 1. The summed E-state index contributed by atoms with van der Waals surface area (Å²) in [6.07, 6.45) is 1.32. The molecular formula is C11H9Cl2N3O. The second-order valence-corrected chi connectivity index (χ2v) is 4.88. The monoisotopic (exact) mass is 269 g/mol. The Labute approximate surface area is 108 Å². The Kier molecular flexibility index (Phi) is 2.56. The van der Waals surface area contributed by atoms with Gasteiger partial charge in [-0.3, -0.25) is 0 Å². The van der Waals surface area contributed by atoms with Gasteiger partial charge in [-0.25, -0.2) is 0 Å². The van der Waals surface area contributed by atoms with Crippen LogP contribution in [0.2, 0.25) is 10.0 Å². The van der Waals surface area contributed by atoms with E-state index in [2.05, 4.69) is 15.4 Å². The predicted molar refractivity (Wildman–Crippen MR) is 65.8 cm³/mol. The normalized spacial score (nSPS) is 26.4. The van der Waals surface area contributed by atoms with Gasteiger partial charge in [0.25, 0.3) is 5.72 Å². The molecule has 0 saturated heterocycles. The lowest BCUT2D eigenvalue weighted by molar-refractivity contribution is -0.00910. The van der Waals surface area contributed by atoms with Crippen molar-refractivity contribution in [2.45, 2.75) is 18.6 Å². The number of oxime groups is 1. The molecule has 0 N–H and O–H groups in total. The van der Waals surface area contributed by atoms with Gasteiger partial charge in [-0.05, 0) is 12.1 Å². The smallest absolute Gasteiger partial charge is 0.252 e. The molecule has 88 valence electrons. The van der Waals surface area contributed by atoms with Crippen LogP contribution in [0.4, 0.5) is 0 Å².